The lowest BCUT2D eigenvalue weighted by molar-refractivity contribution is -0.163. The summed E-state index contributed by atoms with van der Waals surface area (Å²) >= 11 is 0. The van der Waals surface area contributed by atoms with E-state index in [0.717, 1.165) is 19.3 Å². The van der Waals surface area contributed by atoms with Crippen molar-refractivity contribution in [1.29, 1.82) is 0 Å². The molecular formula is C16H26O4. The van der Waals surface area contributed by atoms with Gasteiger partial charge in [-0.3, -0.25) is 4.79 Å². The highest BCUT2D eigenvalue weighted by Crippen LogP contribution is 2.73. The summed E-state index contributed by atoms with van der Waals surface area (Å²) in [5.74, 6) is -0.702. The number of ether oxygens (including phenoxy) is 2. The smallest absolute Gasteiger partial charge is 0.344 e. The summed E-state index contributed by atoms with van der Waals surface area (Å²) in [6.07, 6.45) is 5.47. The van der Waals surface area contributed by atoms with E-state index in [1.165, 1.54) is 12.8 Å². The monoisotopic (exact) mass is 282 g/mol. The Morgan fingerprint density at radius 3 is 2.35 bits per heavy atom. The third-order valence-corrected chi connectivity index (χ3v) is 5.14. The molecule has 0 bridgehead atoms. The molecule has 0 aliphatic heterocycles. The Balaban J connectivity index is 1.93. The van der Waals surface area contributed by atoms with Gasteiger partial charge in [0.1, 0.15) is 0 Å². The molecule has 1 spiro atoms. The Morgan fingerprint density at radius 2 is 1.75 bits per heavy atom. The van der Waals surface area contributed by atoms with Crippen molar-refractivity contribution in [2.75, 3.05) is 13.2 Å². The van der Waals surface area contributed by atoms with E-state index >= 15 is 0 Å². The number of carbonyl (C=O) groups excluding carboxylic acids is 2. The van der Waals surface area contributed by atoms with Crippen molar-refractivity contribution in [3.05, 3.63) is 0 Å². The fraction of sp³-hybridized carbons (Fsp3) is 0.875. The summed E-state index contributed by atoms with van der Waals surface area (Å²) in [5.41, 5.74) is -0.00485. The third kappa shape index (κ3) is 2.70. The van der Waals surface area contributed by atoms with Crippen molar-refractivity contribution >= 4 is 11.9 Å². The first-order valence-electron chi connectivity index (χ1n) is 7.58. The topological polar surface area (TPSA) is 52.6 Å². The first kappa shape index (κ1) is 15.3. The highest BCUT2D eigenvalue weighted by molar-refractivity contribution is 5.84. The number of hydrogen-bond donors (Lipinski definition) is 0. The first-order chi connectivity index (χ1) is 9.25. The second-order valence-electron chi connectivity index (χ2n) is 7.36. The minimum Gasteiger partial charge on any atom is -0.463 e. The van der Waals surface area contributed by atoms with Gasteiger partial charge in [-0.25, -0.2) is 4.79 Å². The van der Waals surface area contributed by atoms with Crippen molar-refractivity contribution in [2.45, 2.75) is 59.8 Å². The van der Waals surface area contributed by atoms with Gasteiger partial charge in [0.2, 0.25) is 0 Å². The predicted molar refractivity (Wildman–Crippen MR) is 75.0 cm³/mol. The SMILES string of the molecule is CCOC(=O)COC(=O)C1(C)CC12CCCC(C)(C)C2. The average molecular weight is 282 g/mol. The van der Waals surface area contributed by atoms with E-state index in [1.54, 1.807) is 6.92 Å². The van der Waals surface area contributed by atoms with E-state index in [4.69, 9.17) is 9.47 Å². The van der Waals surface area contributed by atoms with Crippen molar-refractivity contribution in [3.63, 3.8) is 0 Å². The van der Waals surface area contributed by atoms with Crippen LogP contribution in [-0.4, -0.2) is 25.2 Å². The van der Waals surface area contributed by atoms with Gasteiger partial charge in [0, 0.05) is 0 Å². The molecule has 2 saturated carbocycles. The van der Waals surface area contributed by atoms with Crippen LogP contribution in [0.25, 0.3) is 0 Å². The van der Waals surface area contributed by atoms with Gasteiger partial charge in [0.25, 0.3) is 0 Å². The van der Waals surface area contributed by atoms with Crippen molar-refractivity contribution in [1.82, 2.24) is 0 Å². The van der Waals surface area contributed by atoms with E-state index in [9.17, 15) is 9.59 Å². The molecule has 0 heterocycles. The lowest BCUT2D eigenvalue weighted by Gasteiger charge is -2.37. The van der Waals surface area contributed by atoms with Crippen molar-refractivity contribution < 1.29 is 19.1 Å². The van der Waals surface area contributed by atoms with E-state index in [2.05, 4.69) is 13.8 Å². The zero-order valence-corrected chi connectivity index (χ0v) is 13.1. The maximum atomic E-state index is 12.3. The summed E-state index contributed by atoms with van der Waals surface area (Å²) in [6.45, 7) is 8.32. The molecule has 114 valence electrons. The minimum atomic E-state index is -0.469. The molecule has 0 saturated heterocycles. The molecule has 2 aliphatic carbocycles. The molecule has 0 aromatic rings. The number of carbonyl (C=O) groups is 2. The quantitative estimate of drug-likeness (QED) is 0.744. The van der Waals surface area contributed by atoms with E-state index in [0.29, 0.717) is 12.0 Å². The standard InChI is InChI=1S/C16H26O4/c1-5-19-12(17)9-20-13(18)15(4)11-16(15)8-6-7-14(2,3)10-16/h5-11H2,1-4H3. The fourth-order valence-electron chi connectivity index (χ4n) is 4.03. The molecule has 2 unspecified atom stereocenters. The number of esters is 2. The Morgan fingerprint density at radius 1 is 1.05 bits per heavy atom. The van der Waals surface area contributed by atoms with Gasteiger partial charge in [-0.1, -0.05) is 20.3 Å². The number of rotatable bonds is 4. The molecule has 20 heavy (non-hydrogen) atoms. The van der Waals surface area contributed by atoms with Gasteiger partial charge < -0.3 is 9.47 Å². The van der Waals surface area contributed by atoms with Gasteiger partial charge in [-0.2, -0.15) is 0 Å². The highest BCUT2D eigenvalue weighted by atomic mass is 16.6. The molecule has 0 radical (unpaired) electrons. The van der Waals surface area contributed by atoms with Crippen LogP contribution in [0.2, 0.25) is 0 Å². The van der Waals surface area contributed by atoms with Gasteiger partial charge in [0.05, 0.1) is 12.0 Å². The van der Waals surface area contributed by atoms with Gasteiger partial charge in [-0.05, 0) is 50.4 Å². The van der Waals surface area contributed by atoms with E-state index in [-0.39, 0.29) is 18.0 Å². The first-order valence-corrected chi connectivity index (χ1v) is 7.58. The van der Waals surface area contributed by atoms with Crippen LogP contribution in [0.5, 0.6) is 0 Å². The molecule has 0 aromatic heterocycles. The predicted octanol–water partition coefficient (Wildman–Crippen LogP) is 3.09. The van der Waals surface area contributed by atoms with Crippen LogP contribution in [-0.2, 0) is 19.1 Å². The Hall–Kier alpha value is -1.06. The molecule has 4 heteroatoms. The summed E-state index contributed by atoms with van der Waals surface area (Å²) < 4.78 is 9.94. The largest absolute Gasteiger partial charge is 0.463 e. The molecule has 2 rings (SSSR count). The van der Waals surface area contributed by atoms with Gasteiger partial charge in [0.15, 0.2) is 6.61 Å². The molecule has 4 nitrogen and oxygen atoms in total. The van der Waals surface area contributed by atoms with Crippen LogP contribution in [0.15, 0.2) is 0 Å². The van der Waals surface area contributed by atoms with Crippen LogP contribution in [0.1, 0.15) is 59.8 Å². The Bertz CT molecular complexity index is 415. The summed E-state index contributed by atoms with van der Waals surface area (Å²) in [5, 5.41) is 0. The van der Waals surface area contributed by atoms with Crippen LogP contribution in [0.4, 0.5) is 0 Å². The van der Waals surface area contributed by atoms with Gasteiger partial charge >= 0.3 is 11.9 Å². The Labute approximate surface area is 121 Å². The lowest BCUT2D eigenvalue weighted by atomic mass is 9.67. The normalized spacial score (nSPS) is 34.6. The maximum Gasteiger partial charge on any atom is 0.344 e. The second kappa shape index (κ2) is 5.05. The molecule has 0 aromatic carbocycles. The highest BCUT2D eigenvalue weighted by Gasteiger charge is 2.70. The molecular weight excluding hydrogens is 256 g/mol. The average Bonchev–Trinajstić information content (AvgIpc) is 2.90. The van der Waals surface area contributed by atoms with Crippen molar-refractivity contribution in [2.24, 2.45) is 16.2 Å². The second-order valence-corrected chi connectivity index (χ2v) is 7.36. The fourth-order valence-corrected chi connectivity index (χ4v) is 4.03. The summed E-state index contributed by atoms with van der Waals surface area (Å²) in [6, 6.07) is 0. The zero-order valence-electron chi connectivity index (χ0n) is 13.1. The van der Waals surface area contributed by atoms with E-state index < -0.39 is 11.4 Å². The lowest BCUT2D eigenvalue weighted by Crippen LogP contribution is -2.32. The van der Waals surface area contributed by atoms with Gasteiger partial charge in [-0.15, -0.1) is 0 Å². The molecule has 0 N–H and O–H groups in total. The molecule has 2 aliphatic rings. The minimum absolute atomic E-state index is 0.0977. The van der Waals surface area contributed by atoms with Crippen LogP contribution >= 0.6 is 0 Å². The van der Waals surface area contributed by atoms with Crippen LogP contribution in [0, 0.1) is 16.2 Å². The summed E-state index contributed by atoms with van der Waals surface area (Å²) in [4.78, 5) is 23.6. The zero-order chi connectivity index (χ0) is 15.0. The third-order valence-electron chi connectivity index (χ3n) is 5.14. The molecule has 2 atom stereocenters. The van der Waals surface area contributed by atoms with E-state index in [1.807, 2.05) is 6.92 Å². The summed E-state index contributed by atoms with van der Waals surface area (Å²) in [7, 11) is 0. The van der Waals surface area contributed by atoms with Crippen molar-refractivity contribution in [3.8, 4) is 0 Å². The van der Waals surface area contributed by atoms with Crippen LogP contribution < -0.4 is 0 Å². The molecule has 0 amide bonds. The van der Waals surface area contributed by atoms with Crippen LogP contribution in [0.3, 0.4) is 0 Å². The Kier molecular flexibility index (Phi) is 3.87. The number of hydrogen-bond acceptors (Lipinski definition) is 4. The maximum absolute atomic E-state index is 12.3. The molecule has 2 fully saturated rings.